The van der Waals surface area contributed by atoms with Gasteiger partial charge in [0, 0.05) is 19.7 Å². The summed E-state index contributed by atoms with van der Waals surface area (Å²) in [5, 5.41) is 12.7. The molecule has 138 valence electrons. The molecule has 2 heterocycles. The molecule has 0 fully saturated rings. The third kappa shape index (κ3) is 2.27. The highest BCUT2D eigenvalue weighted by Crippen LogP contribution is 2.48. The van der Waals surface area contributed by atoms with Crippen LogP contribution in [-0.2, 0) is 6.42 Å². The summed E-state index contributed by atoms with van der Waals surface area (Å²) in [6.45, 7) is 2.13. The molecule has 1 aliphatic carbocycles. The molecule has 27 heavy (non-hydrogen) atoms. The lowest BCUT2D eigenvalue weighted by atomic mass is 9.84. The van der Waals surface area contributed by atoms with Crippen molar-refractivity contribution in [1.82, 2.24) is 5.32 Å². The number of hydrogen-bond acceptors (Lipinski definition) is 4. The second-order valence-corrected chi connectivity index (χ2v) is 7.77. The third-order valence-corrected chi connectivity index (χ3v) is 6.17. The van der Waals surface area contributed by atoms with Gasteiger partial charge in [0.05, 0.1) is 28.8 Å². The van der Waals surface area contributed by atoms with E-state index in [2.05, 4.69) is 71.2 Å². The minimum Gasteiger partial charge on any atom is -0.371 e. The van der Waals surface area contributed by atoms with Crippen LogP contribution in [0.3, 0.4) is 0 Å². The average Bonchev–Trinajstić information content (AvgIpc) is 3.17. The SMILES string of the molecule is CNC(=O)c1cc2c(c3c1CCC1(C=c4ccccc4=C1)N3)NC(C)N2C. The van der Waals surface area contributed by atoms with Gasteiger partial charge in [-0.05, 0) is 54.0 Å². The summed E-state index contributed by atoms with van der Waals surface area (Å²) in [4.78, 5) is 14.8. The molecule has 0 bridgehead atoms. The van der Waals surface area contributed by atoms with Gasteiger partial charge in [0.25, 0.3) is 5.91 Å². The van der Waals surface area contributed by atoms with E-state index >= 15 is 0 Å². The molecule has 2 aliphatic heterocycles. The van der Waals surface area contributed by atoms with E-state index < -0.39 is 0 Å². The van der Waals surface area contributed by atoms with E-state index in [9.17, 15) is 4.79 Å². The van der Waals surface area contributed by atoms with Crippen LogP contribution in [0.5, 0.6) is 0 Å². The molecule has 3 N–H and O–H groups in total. The molecule has 3 aliphatic rings. The highest BCUT2D eigenvalue weighted by atomic mass is 16.1. The Labute approximate surface area is 158 Å². The number of nitrogens with one attached hydrogen (secondary N) is 3. The number of carbonyl (C=O) groups is 1. The molecule has 1 unspecified atom stereocenters. The summed E-state index contributed by atoms with van der Waals surface area (Å²) < 4.78 is 0. The Morgan fingerprint density at radius 3 is 2.59 bits per heavy atom. The summed E-state index contributed by atoms with van der Waals surface area (Å²) >= 11 is 0. The number of benzene rings is 2. The van der Waals surface area contributed by atoms with Gasteiger partial charge in [-0.1, -0.05) is 24.3 Å². The molecular weight excluding hydrogens is 336 g/mol. The van der Waals surface area contributed by atoms with E-state index in [1.807, 2.05) is 6.07 Å². The molecule has 1 spiro atoms. The van der Waals surface area contributed by atoms with Crippen molar-refractivity contribution in [3.63, 3.8) is 0 Å². The number of fused-ring (bicyclic) bond motifs is 4. The Bertz CT molecular complexity index is 1050. The maximum Gasteiger partial charge on any atom is 0.251 e. The highest BCUT2D eigenvalue weighted by molar-refractivity contribution is 6.04. The maximum atomic E-state index is 12.6. The monoisotopic (exact) mass is 360 g/mol. The predicted molar refractivity (Wildman–Crippen MR) is 111 cm³/mol. The molecule has 5 rings (SSSR count). The summed E-state index contributed by atoms with van der Waals surface area (Å²) in [5.41, 5.74) is 4.91. The molecule has 0 saturated heterocycles. The van der Waals surface area contributed by atoms with Crippen molar-refractivity contribution in [2.45, 2.75) is 31.5 Å². The fraction of sp³-hybridized carbons (Fsp3) is 0.318. The Morgan fingerprint density at radius 1 is 1.22 bits per heavy atom. The van der Waals surface area contributed by atoms with Crippen molar-refractivity contribution in [2.75, 3.05) is 29.6 Å². The fourth-order valence-electron chi connectivity index (χ4n) is 4.60. The summed E-state index contributed by atoms with van der Waals surface area (Å²) in [6, 6.07) is 10.5. The summed E-state index contributed by atoms with van der Waals surface area (Å²) in [6.07, 6.45) is 6.64. The first-order valence-electron chi connectivity index (χ1n) is 9.52. The minimum absolute atomic E-state index is 0.0255. The molecule has 5 nitrogen and oxygen atoms in total. The van der Waals surface area contributed by atoms with Gasteiger partial charge in [0.1, 0.15) is 0 Å². The van der Waals surface area contributed by atoms with E-state index in [0.717, 1.165) is 41.0 Å². The number of nitrogens with zero attached hydrogens (tertiary/aromatic N) is 1. The van der Waals surface area contributed by atoms with Gasteiger partial charge in [-0.15, -0.1) is 0 Å². The van der Waals surface area contributed by atoms with Gasteiger partial charge in [0.2, 0.25) is 0 Å². The predicted octanol–water partition coefficient (Wildman–Crippen LogP) is 1.63. The fourth-order valence-corrected chi connectivity index (χ4v) is 4.60. The van der Waals surface area contributed by atoms with E-state index in [1.165, 1.54) is 10.4 Å². The number of amides is 1. The van der Waals surface area contributed by atoms with E-state index in [-0.39, 0.29) is 17.6 Å². The quantitative estimate of drug-likeness (QED) is 0.724. The number of hydrogen-bond donors (Lipinski definition) is 3. The van der Waals surface area contributed by atoms with Crippen LogP contribution in [0.1, 0.15) is 29.3 Å². The molecule has 5 heteroatoms. The third-order valence-electron chi connectivity index (χ3n) is 6.17. The first kappa shape index (κ1) is 16.2. The zero-order valence-corrected chi connectivity index (χ0v) is 15.9. The van der Waals surface area contributed by atoms with Crippen LogP contribution < -0.4 is 31.3 Å². The zero-order valence-electron chi connectivity index (χ0n) is 15.9. The molecule has 2 aromatic rings. The Balaban J connectivity index is 1.69. The van der Waals surface area contributed by atoms with Crippen molar-refractivity contribution >= 4 is 35.1 Å². The normalized spacial score (nSPS) is 20.6. The van der Waals surface area contributed by atoms with Crippen molar-refractivity contribution in [3.8, 4) is 0 Å². The highest BCUT2D eigenvalue weighted by Gasteiger charge is 2.38. The van der Waals surface area contributed by atoms with Gasteiger partial charge in [0.15, 0.2) is 0 Å². The zero-order chi connectivity index (χ0) is 18.8. The number of anilines is 3. The second-order valence-electron chi connectivity index (χ2n) is 7.77. The summed E-state index contributed by atoms with van der Waals surface area (Å²) in [7, 11) is 3.76. The number of carbonyl (C=O) groups excluding carboxylic acids is 1. The van der Waals surface area contributed by atoms with E-state index in [0.29, 0.717) is 0 Å². The van der Waals surface area contributed by atoms with Crippen LogP contribution in [0.25, 0.3) is 12.2 Å². The topological polar surface area (TPSA) is 56.4 Å². The van der Waals surface area contributed by atoms with Crippen molar-refractivity contribution in [2.24, 2.45) is 0 Å². The van der Waals surface area contributed by atoms with Crippen LogP contribution in [-0.4, -0.2) is 31.7 Å². The van der Waals surface area contributed by atoms with Crippen LogP contribution in [0.4, 0.5) is 17.1 Å². The maximum absolute atomic E-state index is 12.6. The largest absolute Gasteiger partial charge is 0.371 e. The number of rotatable bonds is 1. The van der Waals surface area contributed by atoms with Gasteiger partial charge in [-0.3, -0.25) is 4.79 Å². The standard InChI is InChI=1S/C22H24N4O/c1-13-24-20-18(26(13)3)10-17(21(27)23-2)16-8-9-22(25-19(16)20)11-14-6-4-5-7-15(14)12-22/h4-7,10-13,24-25H,8-9H2,1-3H3,(H,23,27). The Morgan fingerprint density at radius 2 is 1.93 bits per heavy atom. The van der Waals surface area contributed by atoms with Crippen molar-refractivity contribution < 1.29 is 4.79 Å². The van der Waals surface area contributed by atoms with Crippen LogP contribution in [0.2, 0.25) is 0 Å². The molecule has 2 aromatic carbocycles. The van der Waals surface area contributed by atoms with Crippen molar-refractivity contribution in [1.29, 1.82) is 0 Å². The lowest BCUT2D eigenvalue weighted by Crippen LogP contribution is -2.38. The van der Waals surface area contributed by atoms with Gasteiger partial charge >= 0.3 is 0 Å². The Kier molecular flexibility index (Phi) is 3.32. The van der Waals surface area contributed by atoms with Crippen LogP contribution in [0, 0.1) is 0 Å². The van der Waals surface area contributed by atoms with Crippen molar-refractivity contribution in [3.05, 3.63) is 51.9 Å². The lowest BCUT2D eigenvalue weighted by molar-refractivity contribution is 0.0962. The average molecular weight is 360 g/mol. The molecule has 0 aromatic heterocycles. The molecule has 0 radical (unpaired) electrons. The van der Waals surface area contributed by atoms with Gasteiger partial charge in [-0.25, -0.2) is 0 Å². The van der Waals surface area contributed by atoms with E-state index in [4.69, 9.17) is 0 Å². The smallest absolute Gasteiger partial charge is 0.251 e. The first-order valence-corrected chi connectivity index (χ1v) is 9.52. The Hall–Kier alpha value is -2.95. The van der Waals surface area contributed by atoms with Gasteiger partial charge in [-0.2, -0.15) is 0 Å². The molecule has 1 atom stereocenters. The van der Waals surface area contributed by atoms with Crippen LogP contribution >= 0.6 is 0 Å². The second kappa shape index (κ2) is 5.52. The molecule has 1 amide bonds. The van der Waals surface area contributed by atoms with Gasteiger partial charge < -0.3 is 20.9 Å². The summed E-state index contributed by atoms with van der Waals surface area (Å²) in [5.74, 6) is -0.0255. The molecular formula is C22H24N4O. The lowest BCUT2D eigenvalue weighted by Gasteiger charge is -2.36. The first-order chi connectivity index (χ1) is 13.0. The van der Waals surface area contributed by atoms with Crippen LogP contribution in [0.15, 0.2) is 30.3 Å². The molecule has 0 saturated carbocycles. The van der Waals surface area contributed by atoms with E-state index in [1.54, 1.807) is 7.05 Å². The minimum atomic E-state index is -0.197.